The Hall–Kier alpha value is -2.81. The van der Waals surface area contributed by atoms with Crippen molar-refractivity contribution in [3.8, 4) is 16.9 Å². The van der Waals surface area contributed by atoms with Crippen LogP contribution < -0.4 is 9.46 Å². The summed E-state index contributed by atoms with van der Waals surface area (Å²) in [6.45, 7) is 2.58. The largest absolute Gasteiger partial charge is 0.492 e. The number of rotatable bonds is 8. The minimum atomic E-state index is -4.12. The Labute approximate surface area is 193 Å². The highest BCUT2D eigenvalue weighted by atomic mass is 32.2. The first-order chi connectivity index (χ1) is 15.9. The summed E-state index contributed by atoms with van der Waals surface area (Å²) >= 11 is 0. The SMILES string of the molecule is O=S(=O)(NC1CCN(CCOc2ccccc2-c2ccccc2)CC1)c1cc(F)ccc1F. The van der Waals surface area contributed by atoms with E-state index < -0.39 is 26.6 Å². The number of para-hydroxylation sites is 1. The van der Waals surface area contributed by atoms with Gasteiger partial charge in [-0.3, -0.25) is 4.90 Å². The second kappa shape index (κ2) is 10.4. The topological polar surface area (TPSA) is 58.6 Å². The van der Waals surface area contributed by atoms with Crippen LogP contribution in [-0.4, -0.2) is 45.6 Å². The van der Waals surface area contributed by atoms with Crippen molar-refractivity contribution < 1.29 is 21.9 Å². The maximum Gasteiger partial charge on any atom is 0.243 e. The zero-order valence-corrected chi connectivity index (χ0v) is 18.9. The standard InChI is InChI=1S/C25H26F2N2O3S/c26-20-10-11-23(27)25(18-20)33(30,31)28-21-12-14-29(15-13-21)16-17-32-24-9-5-4-8-22(24)19-6-2-1-3-7-19/h1-11,18,21,28H,12-17H2. The molecule has 4 rings (SSSR count). The molecule has 0 radical (unpaired) electrons. The summed E-state index contributed by atoms with van der Waals surface area (Å²) in [7, 11) is -4.12. The van der Waals surface area contributed by atoms with E-state index in [1.54, 1.807) is 0 Å². The van der Waals surface area contributed by atoms with Crippen LogP contribution in [0, 0.1) is 11.6 Å². The van der Waals surface area contributed by atoms with Crippen molar-refractivity contribution in [1.29, 1.82) is 0 Å². The van der Waals surface area contributed by atoms with E-state index in [1.807, 2.05) is 54.6 Å². The number of ether oxygens (including phenoxy) is 1. The van der Waals surface area contributed by atoms with Gasteiger partial charge in [-0.25, -0.2) is 21.9 Å². The van der Waals surface area contributed by atoms with Gasteiger partial charge in [0.25, 0.3) is 0 Å². The molecule has 33 heavy (non-hydrogen) atoms. The van der Waals surface area contributed by atoms with E-state index in [0.29, 0.717) is 45.1 Å². The molecule has 1 fully saturated rings. The monoisotopic (exact) mass is 472 g/mol. The van der Waals surface area contributed by atoms with Gasteiger partial charge in [-0.15, -0.1) is 0 Å². The maximum absolute atomic E-state index is 13.9. The van der Waals surface area contributed by atoms with Crippen molar-refractivity contribution in [2.75, 3.05) is 26.2 Å². The average Bonchev–Trinajstić information content (AvgIpc) is 2.82. The molecule has 1 saturated heterocycles. The van der Waals surface area contributed by atoms with Gasteiger partial charge < -0.3 is 4.74 Å². The van der Waals surface area contributed by atoms with Crippen molar-refractivity contribution >= 4 is 10.0 Å². The quantitative estimate of drug-likeness (QED) is 0.526. The Balaban J connectivity index is 1.27. The van der Waals surface area contributed by atoms with Gasteiger partial charge in [-0.1, -0.05) is 48.5 Å². The van der Waals surface area contributed by atoms with E-state index >= 15 is 0 Å². The smallest absolute Gasteiger partial charge is 0.243 e. The minimum absolute atomic E-state index is 0.325. The molecule has 1 aliphatic heterocycles. The molecule has 0 spiro atoms. The first-order valence-electron chi connectivity index (χ1n) is 10.9. The first-order valence-corrected chi connectivity index (χ1v) is 12.4. The molecule has 0 aliphatic carbocycles. The summed E-state index contributed by atoms with van der Waals surface area (Å²) < 4.78 is 60.8. The van der Waals surface area contributed by atoms with Crippen LogP contribution in [0.4, 0.5) is 8.78 Å². The van der Waals surface area contributed by atoms with E-state index in [9.17, 15) is 17.2 Å². The fourth-order valence-corrected chi connectivity index (χ4v) is 5.37. The number of sulfonamides is 1. The lowest BCUT2D eigenvalue weighted by atomic mass is 10.1. The molecule has 0 amide bonds. The van der Waals surface area contributed by atoms with Gasteiger partial charge in [0.1, 0.15) is 28.9 Å². The molecule has 0 bridgehead atoms. The zero-order valence-electron chi connectivity index (χ0n) is 18.1. The molecule has 0 atom stereocenters. The summed E-state index contributed by atoms with van der Waals surface area (Å²) in [5.74, 6) is -0.932. The van der Waals surface area contributed by atoms with Gasteiger partial charge in [0, 0.05) is 18.2 Å². The maximum atomic E-state index is 13.9. The molecule has 5 nitrogen and oxygen atoms in total. The molecular weight excluding hydrogens is 446 g/mol. The van der Waals surface area contributed by atoms with Gasteiger partial charge >= 0.3 is 0 Å². The van der Waals surface area contributed by atoms with Crippen LogP contribution in [0.3, 0.4) is 0 Å². The molecule has 3 aromatic rings. The van der Waals surface area contributed by atoms with Gasteiger partial charge in [0.2, 0.25) is 10.0 Å². The third-order valence-electron chi connectivity index (χ3n) is 5.73. The van der Waals surface area contributed by atoms with Crippen molar-refractivity contribution in [3.05, 3.63) is 84.4 Å². The van der Waals surface area contributed by atoms with Crippen LogP contribution in [0.1, 0.15) is 12.8 Å². The number of piperidine rings is 1. The summed E-state index contributed by atoms with van der Waals surface area (Å²) in [5, 5.41) is 0. The lowest BCUT2D eigenvalue weighted by Crippen LogP contribution is -2.45. The van der Waals surface area contributed by atoms with Crippen LogP contribution in [0.5, 0.6) is 5.75 Å². The van der Waals surface area contributed by atoms with E-state index in [0.717, 1.165) is 29.0 Å². The summed E-state index contributed by atoms with van der Waals surface area (Å²) in [6.07, 6.45) is 1.16. The third-order valence-corrected chi connectivity index (χ3v) is 7.26. The molecule has 1 N–H and O–H groups in total. The van der Waals surface area contributed by atoms with Crippen LogP contribution in [-0.2, 0) is 10.0 Å². The summed E-state index contributed by atoms with van der Waals surface area (Å²) in [5.41, 5.74) is 2.13. The fraction of sp³-hybridized carbons (Fsp3) is 0.280. The number of nitrogens with one attached hydrogen (secondary N) is 1. The summed E-state index contributed by atoms with van der Waals surface area (Å²) in [4.78, 5) is 1.55. The van der Waals surface area contributed by atoms with E-state index in [2.05, 4.69) is 9.62 Å². The number of nitrogens with zero attached hydrogens (tertiary/aromatic N) is 1. The number of likely N-dealkylation sites (tertiary alicyclic amines) is 1. The van der Waals surface area contributed by atoms with Gasteiger partial charge in [0.15, 0.2) is 0 Å². The molecule has 8 heteroatoms. The number of hydrogen-bond acceptors (Lipinski definition) is 4. The molecule has 1 heterocycles. The first kappa shape index (κ1) is 23.4. The molecular formula is C25H26F2N2O3S. The molecule has 0 unspecified atom stereocenters. The fourth-order valence-electron chi connectivity index (χ4n) is 3.97. The molecule has 1 aliphatic rings. The second-order valence-corrected chi connectivity index (χ2v) is 9.70. The lowest BCUT2D eigenvalue weighted by Gasteiger charge is -2.32. The highest BCUT2D eigenvalue weighted by Crippen LogP contribution is 2.29. The van der Waals surface area contributed by atoms with E-state index in [-0.39, 0.29) is 6.04 Å². The van der Waals surface area contributed by atoms with Crippen molar-refractivity contribution in [1.82, 2.24) is 9.62 Å². The molecule has 174 valence electrons. The summed E-state index contributed by atoms with van der Waals surface area (Å²) in [6, 6.07) is 20.1. The van der Waals surface area contributed by atoms with Gasteiger partial charge in [-0.05, 0) is 55.8 Å². The number of benzene rings is 3. The average molecular weight is 473 g/mol. The Kier molecular flexibility index (Phi) is 7.37. The highest BCUT2D eigenvalue weighted by Gasteiger charge is 2.27. The molecule has 3 aromatic carbocycles. The van der Waals surface area contributed by atoms with Gasteiger partial charge in [-0.2, -0.15) is 0 Å². The Morgan fingerprint density at radius 3 is 2.39 bits per heavy atom. The molecule has 0 aromatic heterocycles. The van der Waals surface area contributed by atoms with Crippen LogP contribution in [0.15, 0.2) is 77.7 Å². The lowest BCUT2D eigenvalue weighted by molar-refractivity contribution is 0.171. The zero-order chi connectivity index (χ0) is 23.3. The van der Waals surface area contributed by atoms with Crippen molar-refractivity contribution in [3.63, 3.8) is 0 Å². The third kappa shape index (κ3) is 5.96. The minimum Gasteiger partial charge on any atom is -0.492 e. The van der Waals surface area contributed by atoms with Crippen molar-refractivity contribution in [2.45, 2.75) is 23.8 Å². The van der Waals surface area contributed by atoms with Crippen LogP contribution in [0.25, 0.3) is 11.1 Å². The number of hydrogen-bond donors (Lipinski definition) is 1. The Morgan fingerprint density at radius 2 is 1.64 bits per heavy atom. The second-order valence-electron chi connectivity index (χ2n) is 8.02. The normalized spacial score (nSPS) is 15.5. The van der Waals surface area contributed by atoms with Crippen LogP contribution >= 0.6 is 0 Å². The van der Waals surface area contributed by atoms with E-state index in [4.69, 9.17) is 4.74 Å². The van der Waals surface area contributed by atoms with Gasteiger partial charge in [0.05, 0.1) is 0 Å². The molecule has 0 saturated carbocycles. The van der Waals surface area contributed by atoms with Crippen LogP contribution in [0.2, 0.25) is 0 Å². The predicted octanol–water partition coefficient (Wildman–Crippen LogP) is 4.45. The Morgan fingerprint density at radius 1 is 0.939 bits per heavy atom. The Bertz CT molecular complexity index is 1180. The van der Waals surface area contributed by atoms with Crippen molar-refractivity contribution in [2.24, 2.45) is 0 Å². The predicted molar refractivity (Wildman–Crippen MR) is 124 cm³/mol. The highest BCUT2D eigenvalue weighted by molar-refractivity contribution is 7.89. The van der Waals surface area contributed by atoms with E-state index in [1.165, 1.54) is 0 Å². The number of halogens is 2.